The number of hydrogen-bond acceptors (Lipinski definition) is 4. The summed E-state index contributed by atoms with van der Waals surface area (Å²) in [6.45, 7) is 7.90. The van der Waals surface area contributed by atoms with Gasteiger partial charge < -0.3 is 14.5 Å². The highest BCUT2D eigenvalue weighted by Crippen LogP contribution is 2.33. The van der Waals surface area contributed by atoms with E-state index in [-0.39, 0.29) is 24.0 Å². The number of hydrogen-bond donors (Lipinski definition) is 0. The van der Waals surface area contributed by atoms with Crippen molar-refractivity contribution in [2.75, 3.05) is 32.7 Å². The lowest BCUT2D eigenvalue weighted by molar-refractivity contribution is -0.132. The number of aromatic nitrogens is 2. The molecule has 1 aromatic heterocycles. The highest BCUT2D eigenvalue weighted by Gasteiger charge is 2.24. The molecule has 6 nitrogen and oxygen atoms in total. The average molecular weight is 473 g/mol. The number of ether oxygens (including phenoxy) is 1. The predicted octanol–water partition coefficient (Wildman–Crippen LogP) is 4.49. The van der Waals surface area contributed by atoms with Gasteiger partial charge in [-0.15, -0.1) is 0 Å². The van der Waals surface area contributed by atoms with E-state index < -0.39 is 17.5 Å². The van der Waals surface area contributed by atoms with Crippen LogP contribution in [-0.4, -0.2) is 58.2 Å². The number of rotatable bonds is 7. The molecule has 1 amide bonds. The smallest absolute Gasteiger partial charge is 0.226 e. The van der Waals surface area contributed by atoms with E-state index in [1.54, 1.807) is 6.92 Å². The lowest BCUT2D eigenvalue weighted by Gasteiger charge is -2.34. The summed E-state index contributed by atoms with van der Waals surface area (Å²) in [5, 5.41) is 4.51. The molecule has 180 valence electrons. The van der Waals surface area contributed by atoms with Crippen molar-refractivity contribution in [1.82, 2.24) is 19.6 Å². The Labute approximate surface area is 196 Å². The van der Waals surface area contributed by atoms with Crippen molar-refractivity contribution in [2.45, 2.75) is 26.7 Å². The summed E-state index contributed by atoms with van der Waals surface area (Å²) in [6, 6.07) is 8.66. The summed E-state index contributed by atoms with van der Waals surface area (Å²) in [7, 11) is 0. The van der Waals surface area contributed by atoms with Gasteiger partial charge in [-0.25, -0.2) is 17.9 Å². The largest absolute Gasteiger partial charge is 0.436 e. The van der Waals surface area contributed by atoms with Crippen molar-refractivity contribution >= 4 is 5.91 Å². The Kier molecular flexibility index (Phi) is 7.21. The number of benzene rings is 2. The van der Waals surface area contributed by atoms with Gasteiger partial charge in [0.25, 0.3) is 0 Å². The molecule has 0 N–H and O–H groups in total. The Morgan fingerprint density at radius 3 is 2.32 bits per heavy atom. The number of carbonyl (C=O) groups is 1. The highest BCUT2D eigenvalue weighted by atomic mass is 19.1. The van der Waals surface area contributed by atoms with Gasteiger partial charge in [0.1, 0.15) is 11.6 Å². The minimum atomic E-state index is -0.861. The summed E-state index contributed by atoms with van der Waals surface area (Å²) >= 11 is 0. The van der Waals surface area contributed by atoms with E-state index in [0.29, 0.717) is 36.5 Å². The van der Waals surface area contributed by atoms with Gasteiger partial charge in [0.15, 0.2) is 11.6 Å². The Hall–Kier alpha value is -3.33. The Morgan fingerprint density at radius 2 is 1.68 bits per heavy atom. The van der Waals surface area contributed by atoms with Crippen LogP contribution in [0.2, 0.25) is 0 Å². The maximum absolute atomic E-state index is 14.4. The summed E-state index contributed by atoms with van der Waals surface area (Å²) in [5.74, 6) is -1.93. The fraction of sp³-hybridized carbons (Fsp3) is 0.360. The van der Waals surface area contributed by atoms with Crippen LogP contribution in [0.1, 0.15) is 24.6 Å². The first-order chi connectivity index (χ1) is 16.4. The van der Waals surface area contributed by atoms with Crippen LogP contribution in [0.25, 0.3) is 5.69 Å². The topological polar surface area (TPSA) is 50.6 Å². The van der Waals surface area contributed by atoms with E-state index in [9.17, 15) is 18.0 Å². The molecule has 1 saturated heterocycles. The molecule has 0 radical (unpaired) electrons. The number of amides is 1. The molecule has 3 aromatic rings. The van der Waals surface area contributed by atoms with Gasteiger partial charge in [0.2, 0.25) is 11.8 Å². The first-order valence-corrected chi connectivity index (χ1v) is 11.3. The van der Waals surface area contributed by atoms with Crippen LogP contribution in [0.15, 0.2) is 42.5 Å². The maximum Gasteiger partial charge on any atom is 0.226 e. The fourth-order valence-electron chi connectivity index (χ4n) is 4.05. The third-order valence-corrected chi connectivity index (χ3v) is 6.07. The summed E-state index contributed by atoms with van der Waals surface area (Å²) in [6.07, 6.45) is 0.572. The molecule has 1 aliphatic heterocycles. The molecular weight excluding hydrogens is 445 g/mol. The van der Waals surface area contributed by atoms with Gasteiger partial charge in [0.05, 0.1) is 11.4 Å². The Balaban J connectivity index is 1.60. The van der Waals surface area contributed by atoms with Crippen LogP contribution in [0.4, 0.5) is 13.2 Å². The van der Waals surface area contributed by atoms with Crippen molar-refractivity contribution in [3.63, 3.8) is 0 Å². The van der Waals surface area contributed by atoms with E-state index in [0.717, 1.165) is 31.8 Å². The van der Waals surface area contributed by atoms with Crippen LogP contribution < -0.4 is 4.74 Å². The highest BCUT2D eigenvalue weighted by molar-refractivity contribution is 5.76. The zero-order valence-electron chi connectivity index (χ0n) is 19.2. The molecular formula is C25H27F3N4O2. The molecule has 0 unspecified atom stereocenters. The number of nitrogens with zero attached hydrogens (tertiary/aromatic N) is 4. The third-order valence-electron chi connectivity index (χ3n) is 6.07. The van der Waals surface area contributed by atoms with Gasteiger partial charge in [-0.2, -0.15) is 5.10 Å². The first kappa shape index (κ1) is 23.8. The standard InChI is InChI=1S/C25H27F3N4O2/c1-3-30-12-14-31(15-13-30)24(33)11-9-21-17(2)29-32(20-7-4-18(26)5-8-20)25(21)34-23-10-6-19(27)16-22(23)28/h4-8,10,16H,3,9,11-15H2,1-2H3. The van der Waals surface area contributed by atoms with E-state index in [1.807, 2.05) is 4.90 Å². The zero-order chi connectivity index (χ0) is 24.2. The van der Waals surface area contributed by atoms with Crippen LogP contribution in [0.3, 0.4) is 0 Å². The molecule has 0 aliphatic carbocycles. The van der Waals surface area contributed by atoms with Crippen molar-refractivity contribution in [3.8, 4) is 17.3 Å². The molecule has 0 atom stereocenters. The van der Waals surface area contributed by atoms with Crippen molar-refractivity contribution in [2.24, 2.45) is 0 Å². The van der Waals surface area contributed by atoms with E-state index >= 15 is 0 Å². The van der Waals surface area contributed by atoms with Crippen molar-refractivity contribution < 1.29 is 22.7 Å². The first-order valence-electron chi connectivity index (χ1n) is 11.3. The van der Waals surface area contributed by atoms with E-state index in [1.165, 1.54) is 35.0 Å². The molecule has 9 heteroatoms. The minimum Gasteiger partial charge on any atom is -0.436 e. The molecule has 2 heterocycles. The van der Waals surface area contributed by atoms with Gasteiger partial charge >= 0.3 is 0 Å². The summed E-state index contributed by atoms with van der Waals surface area (Å²) in [5.41, 5.74) is 1.74. The second-order valence-corrected chi connectivity index (χ2v) is 8.25. The number of likely N-dealkylation sites (N-methyl/N-ethyl adjacent to an activating group) is 1. The molecule has 2 aromatic carbocycles. The predicted molar refractivity (Wildman–Crippen MR) is 122 cm³/mol. The normalized spacial score (nSPS) is 14.4. The molecule has 34 heavy (non-hydrogen) atoms. The second-order valence-electron chi connectivity index (χ2n) is 8.25. The molecule has 0 bridgehead atoms. The average Bonchev–Trinajstić information content (AvgIpc) is 3.14. The minimum absolute atomic E-state index is 0.0311. The van der Waals surface area contributed by atoms with Gasteiger partial charge in [-0.1, -0.05) is 6.92 Å². The molecule has 4 rings (SSSR count). The molecule has 1 fully saturated rings. The van der Waals surface area contributed by atoms with Crippen LogP contribution in [0.5, 0.6) is 11.6 Å². The quantitative estimate of drug-likeness (QED) is 0.509. The Bertz CT molecular complexity index is 1160. The van der Waals surface area contributed by atoms with Crippen LogP contribution in [-0.2, 0) is 11.2 Å². The monoisotopic (exact) mass is 472 g/mol. The Morgan fingerprint density at radius 1 is 1.00 bits per heavy atom. The van der Waals surface area contributed by atoms with Gasteiger partial charge in [-0.05, 0) is 56.3 Å². The summed E-state index contributed by atoms with van der Waals surface area (Å²) in [4.78, 5) is 17.0. The van der Waals surface area contributed by atoms with Gasteiger partial charge in [0, 0.05) is 44.2 Å². The number of halogens is 3. The fourth-order valence-corrected chi connectivity index (χ4v) is 4.05. The van der Waals surface area contributed by atoms with Crippen molar-refractivity contribution in [1.29, 1.82) is 0 Å². The molecule has 0 saturated carbocycles. The SMILES string of the molecule is CCN1CCN(C(=O)CCc2c(C)nn(-c3ccc(F)cc3)c2Oc2ccc(F)cc2F)CC1. The van der Waals surface area contributed by atoms with Gasteiger partial charge in [-0.3, -0.25) is 4.79 Å². The number of carbonyl (C=O) groups excluding carboxylic acids is 1. The lowest BCUT2D eigenvalue weighted by Crippen LogP contribution is -2.48. The zero-order valence-corrected chi connectivity index (χ0v) is 19.2. The lowest BCUT2D eigenvalue weighted by atomic mass is 10.1. The summed E-state index contributed by atoms with van der Waals surface area (Å²) < 4.78 is 48.5. The molecule has 1 aliphatic rings. The van der Waals surface area contributed by atoms with Crippen LogP contribution in [0, 0.1) is 24.4 Å². The van der Waals surface area contributed by atoms with E-state index in [4.69, 9.17) is 4.74 Å². The maximum atomic E-state index is 14.4. The van der Waals surface area contributed by atoms with Crippen molar-refractivity contribution in [3.05, 3.63) is 71.2 Å². The second kappa shape index (κ2) is 10.3. The third kappa shape index (κ3) is 5.25. The van der Waals surface area contributed by atoms with Crippen LogP contribution >= 0.6 is 0 Å². The number of aryl methyl sites for hydroxylation is 1. The van der Waals surface area contributed by atoms with E-state index in [2.05, 4.69) is 16.9 Å². The number of piperazine rings is 1. The molecule has 0 spiro atoms.